The number of aliphatic imine (C=N–C) groups is 1. The second-order valence-electron chi connectivity index (χ2n) is 6.85. The SMILES string of the molecule is CC(C)NC(=NCC(=O)N(C)C)NC1CCN(c2ccccn2)CC1.I. The predicted molar refractivity (Wildman–Crippen MR) is 117 cm³/mol. The van der Waals surface area contributed by atoms with E-state index in [0.29, 0.717) is 12.0 Å². The number of carbonyl (C=O) groups is 1. The molecule has 1 amide bonds. The molecule has 0 unspecified atom stereocenters. The van der Waals surface area contributed by atoms with E-state index >= 15 is 0 Å². The van der Waals surface area contributed by atoms with Crippen LogP contribution in [-0.4, -0.2) is 67.6 Å². The molecular weight excluding hydrogens is 443 g/mol. The normalized spacial score (nSPS) is 15.4. The van der Waals surface area contributed by atoms with E-state index in [1.807, 2.05) is 24.4 Å². The largest absolute Gasteiger partial charge is 0.356 e. The van der Waals surface area contributed by atoms with E-state index in [0.717, 1.165) is 31.7 Å². The van der Waals surface area contributed by atoms with Gasteiger partial charge in [0.25, 0.3) is 0 Å². The van der Waals surface area contributed by atoms with Crippen LogP contribution in [0.15, 0.2) is 29.4 Å². The van der Waals surface area contributed by atoms with E-state index < -0.39 is 0 Å². The molecule has 0 aliphatic carbocycles. The Bertz CT molecular complexity index is 570. The van der Waals surface area contributed by atoms with Crippen molar-refractivity contribution >= 4 is 41.7 Å². The number of amides is 1. The van der Waals surface area contributed by atoms with Gasteiger partial charge in [-0.25, -0.2) is 9.98 Å². The van der Waals surface area contributed by atoms with Crippen molar-refractivity contribution in [1.29, 1.82) is 0 Å². The van der Waals surface area contributed by atoms with Crippen molar-refractivity contribution in [1.82, 2.24) is 20.5 Å². The molecule has 2 rings (SSSR count). The zero-order valence-corrected chi connectivity index (χ0v) is 18.4. The first-order valence-corrected chi connectivity index (χ1v) is 8.89. The molecule has 26 heavy (non-hydrogen) atoms. The number of anilines is 1. The van der Waals surface area contributed by atoms with Gasteiger partial charge in [-0.05, 0) is 38.8 Å². The Balaban J connectivity index is 0.00000338. The Kier molecular flexibility index (Phi) is 9.68. The highest BCUT2D eigenvalue weighted by molar-refractivity contribution is 14.0. The van der Waals surface area contributed by atoms with E-state index in [-0.39, 0.29) is 42.5 Å². The van der Waals surface area contributed by atoms with Gasteiger partial charge < -0.3 is 20.4 Å². The van der Waals surface area contributed by atoms with Crippen LogP contribution in [0, 0.1) is 0 Å². The van der Waals surface area contributed by atoms with Crippen LogP contribution < -0.4 is 15.5 Å². The third-order valence-electron chi connectivity index (χ3n) is 4.11. The third kappa shape index (κ3) is 7.35. The summed E-state index contributed by atoms with van der Waals surface area (Å²) in [6.45, 7) is 6.20. The summed E-state index contributed by atoms with van der Waals surface area (Å²) in [5.74, 6) is 1.74. The highest BCUT2D eigenvalue weighted by Gasteiger charge is 2.21. The zero-order chi connectivity index (χ0) is 18.2. The number of nitrogens with zero attached hydrogens (tertiary/aromatic N) is 4. The average Bonchev–Trinajstić information content (AvgIpc) is 2.60. The molecule has 0 spiro atoms. The van der Waals surface area contributed by atoms with Crippen LogP contribution in [-0.2, 0) is 4.79 Å². The summed E-state index contributed by atoms with van der Waals surface area (Å²) < 4.78 is 0. The number of carbonyl (C=O) groups excluding carboxylic acids is 1. The van der Waals surface area contributed by atoms with Crippen LogP contribution in [0.5, 0.6) is 0 Å². The van der Waals surface area contributed by atoms with Crippen LogP contribution in [0.4, 0.5) is 5.82 Å². The number of hydrogen-bond acceptors (Lipinski definition) is 4. The first-order valence-electron chi connectivity index (χ1n) is 8.89. The number of piperidine rings is 1. The van der Waals surface area contributed by atoms with Gasteiger partial charge in [-0.2, -0.15) is 0 Å². The second-order valence-corrected chi connectivity index (χ2v) is 6.85. The topological polar surface area (TPSA) is 72.9 Å². The molecule has 1 aromatic rings. The fourth-order valence-corrected chi connectivity index (χ4v) is 2.68. The van der Waals surface area contributed by atoms with Gasteiger partial charge in [-0.1, -0.05) is 6.07 Å². The maximum Gasteiger partial charge on any atom is 0.243 e. The molecule has 2 heterocycles. The van der Waals surface area contributed by atoms with Crippen LogP contribution >= 0.6 is 24.0 Å². The Hall–Kier alpha value is -1.58. The van der Waals surface area contributed by atoms with Gasteiger partial charge in [0.15, 0.2) is 5.96 Å². The number of likely N-dealkylation sites (N-methyl/N-ethyl adjacent to an activating group) is 1. The van der Waals surface area contributed by atoms with Crippen LogP contribution in [0.25, 0.3) is 0 Å². The summed E-state index contributed by atoms with van der Waals surface area (Å²) in [5.41, 5.74) is 0. The Morgan fingerprint density at radius 1 is 1.35 bits per heavy atom. The third-order valence-corrected chi connectivity index (χ3v) is 4.11. The summed E-state index contributed by atoms with van der Waals surface area (Å²) in [4.78, 5) is 24.5. The van der Waals surface area contributed by atoms with Gasteiger partial charge in [0.2, 0.25) is 5.91 Å². The summed E-state index contributed by atoms with van der Waals surface area (Å²) in [6, 6.07) is 6.61. The fourth-order valence-electron chi connectivity index (χ4n) is 2.68. The van der Waals surface area contributed by atoms with Crippen molar-refractivity contribution in [3.63, 3.8) is 0 Å². The highest BCUT2D eigenvalue weighted by Crippen LogP contribution is 2.17. The molecule has 1 aliphatic heterocycles. The summed E-state index contributed by atoms with van der Waals surface area (Å²) in [6.07, 6.45) is 3.85. The quantitative estimate of drug-likeness (QED) is 0.386. The predicted octanol–water partition coefficient (Wildman–Crippen LogP) is 1.70. The highest BCUT2D eigenvalue weighted by atomic mass is 127. The van der Waals surface area contributed by atoms with Gasteiger partial charge in [0, 0.05) is 45.5 Å². The lowest BCUT2D eigenvalue weighted by Gasteiger charge is -2.34. The molecule has 0 radical (unpaired) electrons. The van der Waals surface area contributed by atoms with E-state index in [4.69, 9.17) is 0 Å². The number of aromatic nitrogens is 1. The van der Waals surface area contributed by atoms with Crippen molar-refractivity contribution in [3.8, 4) is 0 Å². The maximum absolute atomic E-state index is 11.8. The number of pyridine rings is 1. The molecule has 0 saturated carbocycles. The molecule has 1 aliphatic rings. The van der Waals surface area contributed by atoms with Crippen molar-refractivity contribution < 1.29 is 4.79 Å². The number of rotatable bonds is 5. The van der Waals surface area contributed by atoms with Crippen LogP contribution in [0.3, 0.4) is 0 Å². The summed E-state index contributed by atoms with van der Waals surface area (Å²) >= 11 is 0. The smallest absolute Gasteiger partial charge is 0.243 e. The molecule has 0 bridgehead atoms. The number of nitrogens with one attached hydrogen (secondary N) is 2. The minimum atomic E-state index is -0.00479. The first kappa shape index (κ1) is 22.5. The Morgan fingerprint density at radius 3 is 2.58 bits per heavy atom. The minimum absolute atomic E-state index is 0. The lowest BCUT2D eigenvalue weighted by atomic mass is 10.1. The minimum Gasteiger partial charge on any atom is -0.356 e. The van der Waals surface area contributed by atoms with E-state index in [2.05, 4.69) is 39.4 Å². The summed E-state index contributed by atoms with van der Waals surface area (Å²) in [5, 5.41) is 6.78. The molecule has 2 N–H and O–H groups in total. The van der Waals surface area contributed by atoms with E-state index in [1.54, 1.807) is 19.0 Å². The number of hydrogen-bond donors (Lipinski definition) is 2. The van der Waals surface area contributed by atoms with Gasteiger partial charge in [0.05, 0.1) is 0 Å². The molecule has 1 fully saturated rings. The molecule has 0 aromatic carbocycles. The maximum atomic E-state index is 11.8. The van der Waals surface area contributed by atoms with Gasteiger partial charge >= 0.3 is 0 Å². The summed E-state index contributed by atoms with van der Waals surface area (Å²) in [7, 11) is 3.49. The molecule has 1 saturated heterocycles. The fraction of sp³-hybridized carbons (Fsp3) is 0.611. The van der Waals surface area contributed by atoms with Crippen molar-refractivity contribution in [2.75, 3.05) is 38.6 Å². The number of guanidine groups is 1. The zero-order valence-electron chi connectivity index (χ0n) is 16.1. The lowest BCUT2D eigenvalue weighted by molar-refractivity contribution is -0.127. The Labute approximate surface area is 173 Å². The first-order chi connectivity index (χ1) is 12.0. The van der Waals surface area contributed by atoms with E-state index in [1.165, 1.54) is 0 Å². The second kappa shape index (κ2) is 11.2. The van der Waals surface area contributed by atoms with Crippen LogP contribution in [0.2, 0.25) is 0 Å². The molecule has 8 heteroatoms. The number of halogens is 1. The molecule has 0 atom stereocenters. The average molecular weight is 474 g/mol. The monoisotopic (exact) mass is 474 g/mol. The molecule has 1 aromatic heterocycles. The Morgan fingerprint density at radius 2 is 2.04 bits per heavy atom. The van der Waals surface area contributed by atoms with Crippen molar-refractivity contribution in [3.05, 3.63) is 24.4 Å². The van der Waals surface area contributed by atoms with Crippen molar-refractivity contribution in [2.24, 2.45) is 4.99 Å². The van der Waals surface area contributed by atoms with E-state index in [9.17, 15) is 4.79 Å². The molecular formula is C18H31IN6O. The van der Waals surface area contributed by atoms with Gasteiger partial charge in [0.1, 0.15) is 12.4 Å². The van der Waals surface area contributed by atoms with Gasteiger partial charge in [-0.15, -0.1) is 24.0 Å². The molecule has 146 valence electrons. The molecule has 7 nitrogen and oxygen atoms in total. The van der Waals surface area contributed by atoms with Gasteiger partial charge in [-0.3, -0.25) is 4.79 Å². The van der Waals surface area contributed by atoms with Crippen molar-refractivity contribution in [2.45, 2.75) is 38.8 Å². The standard InChI is InChI=1S/C18H30N6O.HI/c1-14(2)21-18(20-13-17(25)23(3)4)22-15-8-11-24(12-9-15)16-7-5-6-10-19-16;/h5-7,10,14-15H,8-9,11-13H2,1-4H3,(H2,20,21,22);1H. The lowest BCUT2D eigenvalue weighted by Crippen LogP contribution is -2.50. The van der Waals surface area contributed by atoms with Crippen LogP contribution in [0.1, 0.15) is 26.7 Å².